The minimum absolute atomic E-state index is 0. The monoisotopic (exact) mass is 488 g/mol. The molecule has 0 rings (SSSR count). The van der Waals surface area contributed by atoms with Crippen LogP contribution in [0.3, 0.4) is 0 Å². The van der Waals surface area contributed by atoms with Gasteiger partial charge in [0, 0.05) is 26.2 Å². The summed E-state index contributed by atoms with van der Waals surface area (Å²) in [6.45, 7) is 12.9. The van der Waals surface area contributed by atoms with Crippen molar-refractivity contribution in [1.82, 2.24) is 9.80 Å². The molecule has 0 amide bonds. The normalized spacial score (nSPS) is 9.44. The minimum Gasteiger partial charge on any atom is -0.411 e. The van der Waals surface area contributed by atoms with E-state index in [0.717, 1.165) is 26.2 Å². The van der Waals surface area contributed by atoms with Crippen LogP contribution in [0.25, 0.3) is 0 Å². The fourth-order valence-corrected chi connectivity index (χ4v) is 2.71. The van der Waals surface area contributed by atoms with Crippen LogP contribution in [0, 0.1) is 0 Å². The third-order valence-electron chi connectivity index (χ3n) is 3.64. The van der Waals surface area contributed by atoms with Gasteiger partial charge in [0.05, 0.1) is 0 Å². The Bertz CT molecular complexity index is 271. The maximum atomic E-state index is 4.98. The Morgan fingerprint density at radius 1 is 0.600 bits per heavy atom. The first kappa shape index (κ1) is 30.5. The number of hydrogen-bond acceptors (Lipinski definition) is 4. The molecule has 25 heavy (non-hydrogen) atoms. The Morgan fingerprint density at radius 3 is 0.920 bits per heavy atom. The van der Waals surface area contributed by atoms with Crippen molar-refractivity contribution >= 4 is 75.4 Å². The van der Waals surface area contributed by atoms with Crippen LogP contribution in [0.1, 0.15) is 79.1 Å². The van der Waals surface area contributed by atoms with Crippen LogP contribution in [-0.4, -0.2) is 61.7 Å². The quantitative estimate of drug-likeness (QED) is 0.214. The van der Waals surface area contributed by atoms with Crippen LogP contribution in [0.5, 0.6) is 0 Å². The summed E-state index contributed by atoms with van der Waals surface area (Å²) in [5, 5.41) is 0. The molecule has 7 heteroatoms. The van der Waals surface area contributed by atoms with Gasteiger partial charge in [0.1, 0.15) is 0 Å². The molecular weight excluding hydrogens is 451 g/mol. The Labute approximate surface area is 189 Å². The molecule has 4 radical (unpaired) electrons. The van der Waals surface area contributed by atoms with Crippen molar-refractivity contribution in [3.63, 3.8) is 0 Å². The van der Waals surface area contributed by atoms with E-state index in [9.17, 15) is 0 Å². The summed E-state index contributed by atoms with van der Waals surface area (Å²) in [4.78, 5) is 4.27. The van der Waals surface area contributed by atoms with Gasteiger partial charge in [-0.1, -0.05) is 62.0 Å². The molecule has 0 spiro atoms. The SMILES string of the molecule is CCCCN(CCCC)C(=S)[S-].CCCCN(CCCC)C(=S)[S-].[Se+2]. The van der Waals surface area contributed by atoms with Crippen LogP contribution in [-0.2, 0) is 25.3 Å². The molecule has 0 heterocycles. The van der Waals surface area contributed by atoms with Crippen LogP contribution in [0.15, 0.2) is 0 Å². The predicted octanol–water partition coefficient (Wildman–Crippen LogP) is 5.06. The molecule has 0 bridgehead atoms. The van der Waals surface area contributed by atoms with E-state index >= 15 is 0 Å². The van der Waals surface area contributed by atoms with Crippen LogP contribution in [0.4, 0.5) is 0 Å². The van der Waals surface area contributed by atoms with Crippen molar-refractivity contribution in [2.24, 2.45) is 0 Å². The summed E-state index contributed by atoms with van der Waals surface area (Å²) in [6.07, 6.45) is 9.62. The maximum absolute atomic E-state index is 4.98. The van der Waals surface area contributed by atoms with Gasteiger partial charge in [0.15, 0.2) is 0 Å². The van der Waals surface area contributed by atoms with E-state index in [1.165, 1.54) is 51.4 Å². The summed E-state index contributed by atoms with van der Waals surface area (Å²) >= 11 is 19.9. The van der Waals surface area contributed by atoms with Crippen LogP contribution in [0.2, 0.25) is 0 Å². The summed E-state index contributed by atoms with van der Waals surface area (Å²) < 4.78 is 1.27. The van der Waals surface area contributed by atoms with Crippen molar-refractivity contribution in [2.75, 3.05) is 26.2 Å². The van der Waals surface area contributed by atoms with E-state index < -0.39 is 0 Å². The van der Waals surface area contributed by atoms with Crippen molar-refractivity contribution in [3.8, 4) is 0 Å². The molecular formula is C18H36N2S4Se. The molecule has 0 aliphatic carbocycles. The van der Waals surface area contributed by atoms with Gasteiger partial charge in [0.25, 0.3) is 0 Å². The Hall–Kier alpha value is 0.739. The molecule has 0 saturated carbocycles. The first-order chi connectivity index (χ1) is 11.4. The number of nitrogens with zero attached hydrogens (tertiary/aromatic N) is 2. The summed E-state index contributed by atoms with van der Waals surface area (Å²) in [5.41, 5.74) is 0. The molecule has 148 valence electrons. The predicted molar refractivity (Wildman–Crippen MR) is 128 cm³/mol. The van der Waals surface area contributed by atoms with Gasteiger partial charge in [-0.3, -0.25) is 0 Å². The molecule has 0 fully saturated rings. The topological polar surface area (TPSA) is 6.48 Å². The van der Waals surface area contributed by atoms with Crippen LogP contribution >= 0.6 is 24.4 Å². The van der Waals surface area contributed by atoms with Crippen molar-refractivity contribution in [3.05, 3.63) is 0 Å². The standard InChI is InChI=1S/2C9H19NS2.Se/c2*1-3-5-7-10(9(11)12)8-6-4-2;/h2*3-8H2,1-2H3,(H,11,12);/q;;+2/p-2. The van der Waals surface area contributed by atoms with E-state index in [1.54, 1.807) is 0 Å². The molecule has 0 saturated heterocycles. The zero-order valence-corrected chi connectivity index (χ0v) is 21.4. The number of unbranched alkanes of at least 4 members (excludes halogenated alkanes) is 4. The van der Waals surface area contributed by atoms with E-state index in [2.05, 4.69) is 37.5 Å². The summed E-state index contributed by atoms with van der Waals surface area (Å²) in [7, 11) is 0. The van der Waals surface area contributed by atoms with Crippen molar-refractivity contribution in [2.45, 2.75) is 79.1 Å². The van der Waals surface area contributed by atoms with Gasteiger partial charge < -0.3 is 59.5 Å². The second kappa shape index (κ2) is 22.8. The van der Waals surface area contributed by atoms with Gasteiger partial charge in [-0.25, -0.2) is 0 Å². The summed E-state index contributed by atoms with van der Waals surface area (Å²) in [5.74, 6) is 0. The average molecular weight is 488 g/mol. The third kappa shape index (κ3) is 20.9. The van der Waals surface area contributed by atoms with E-state index in [0.29, 0.717) is 8.64 Å². The van der Waals surface area contributed by atoms with Crippen LogP contribution < -0.4 is 0 Å². The first-order valence-electron chi connectivity index (χ1n) is 9.36. The number of thiocarbonyl (C=S) groups is 2. The second-order valence-electron chi connectivity index (χ2n) is 5.92. The molecule has 0 aromatic carbocycles. The zero-order chi connectivity index (χ0) is 18.8. The molecule has 0 aliphatic rings. The van der Waals surface area contributed by atoms with Gasteiger partial charge in [0.2, 0.25) is 0 Å². The van der Waals surface area contributed by atoms with Gasteiger partial charge >= 0.3 is 17.1 Å². The number of hydrogen-bond donors (Lipinski definition) is 0. The molecule has 0 N–H and O–H groups in total. The smallest absolute Gasteiger partial charge is 0.411 e. The average Bonchev–Trinajstić information content (AvgIpc) is 2.55. The molecule has 0 unspecified atom stereocenters. The van der Waals surface area contributed by atoms with E-state index in [4.69, 9.17) is 49.7 Å². The van der Waals surface area contributed by atoms with Gasteiger partial charge in [-0.2, -0.15) is 0 Å². The fourth-order valence-electron chi connectivity index (χ4n) is 1.98. The molecule has 0 aromatic heterocycles. The Kier molecular flexibility index (Phi) is 27.8. The summed E-state index contributed by atoms with van der Waals surface area (Å²) in [6, 6.07) is 0. The number of rotatable bonds is 12. The first-order valence-corrected chi connectivity index (χ1v) is 11.0. The second-order valence-corrected chi connectivity index (χ2v) is 7.98. The van der Waals surface area contributed by atoms with Crippen molar-refractivity contribution < 1.29 is 0 Å². The third-order valence-corrected chi connectivity index (χ3v) is 4.68. The van der Waals surface area contributed by atoms with Crippen molar-refractivity contribution in [1.29, 1.82) is 0 Å². The minimum atomic E-state index is 0. The zero-order valence-electron chi connectivity index (χ0n) is 16.4. The molecule has 0 aromatic rings. The Morgan fingerprint density at radius 2 is 0.800 bits per heavy atom. The molecule has 2 nitrogen and oxygen atoms in total. The largest absolute Gasteiger partial charge is 2.00 e. The fraction of sp³-hybridized carbons (Fsp3) is 0.889. The molecule has 0 aliphatic heterocycles. The Balaban J connectivity index is -0.000000372. The van der Waals surface area contributed by atoms with Gasteiger partial charge in [-0.15, -0.1) is 0 Å². The maximum Gasteiger partial charge on any atom is 2.00 e. The van der Waals surface area contributed by atoms with E-state index in [1.807, 2.05) is 0 Å². The molecule has 0 atom stereocenters. The van der Waals surface area contributed by atoms with E-state index in [-0.39, 0.29) is 17.1 Å². The van der Waals surface area contributed by atoms with Gasteiger partial charge in [-0.05, 0) is 25.7 Å².